The zero-order valence-electron chi connectivity index (χ0n) is 12.1. The van der Waals surface area contributed by atoms with E-state index >= 15 is 0 Å². The number of ether oxygens (including phenoxy) is 2. The number of hydrogen-bond acceptors (Lipinski definition) is 8. The summed E-state index contributed by atoms with van der Waals surface area (Å²) in [6.45, 7) is 1.22. The summed E-state index contributed by atoms with van der Waals surface area (Å²) in [5.41, 5.74) is 5.84. The van der Waals surface area contributed by atoms with Crippen LogP contribution in [0.2, 0.25) is 0 Å². The van der Waals surface area contributed by atoms with Crippen molar-refractivity contribution in [3.63, 3.8) is 0 Å². The molecule has 1 saturated heterocycles. The van der Waals surface area contributed by atoms with Crippen LogP contribution >= 0.6 is 11.3 Å². The van der Waals surface area contributed by atoms with Crippen LogP contribution in [-0.4, -0.2) is 54.1 Å². The molecule has 1 fully saturated rings. The summed E-state index contributed by atoms with van der Waals surface area (Å²) >= 11 is 1.05. The number of sulfone groups is 1. The van der Waals surface area contributed by atoms with E-state index in [2.05, 4.69) is 4.74 Å². The van der Waals surface area contributed by atoms with Gasteiger partial charge in [-0.2, -0.15) is 0 Å². The third-order valence-corrected chi connectivity index (χ3v) is 5.92. The Morgan fingerprint density at radius 2 is 2.10 bits per heavy atom. The Kier molecular flexibility index (Phi) is 4.45. The van der Waals surface area contributed by atoms with E-state index in [0.717, 1.165) is 24.0 Å². The fraction of sp³-hybridized carbons (Fsp3) is 0.583. The lowest BCUT2D eigenvalue weighted by Crippen LogP contribution is -2.22. The Bertz CT molecular complexity index is 653. The smallest absolute Gasteiger partial charge is 0.350 e. The van der Waals surface area contributed by atoms with Crippen molar-refractivity contribution in [1.82, 2.24) is 0 Å². The number of rotatable bonds is 4. The molecule has 7 nitrogen and oxygen atoms in total. The largest absolute Gasteiger partial charge is 0.465 e. The van der Waals surface area contributed by atoms with E-state index in [0.29, 0.717) is 18.1 Å². The van der Waals surface area contributed by atoms with Crippen molar-refractivity contribution >= 4 is 37.8 Å². The highest BCUT2D eigenvalue weighted by molar-refractivity contribution is 7.91. The minimum atomic E-state index is -3.55. The molecule has 1 aliphatic rings. The number of anilines is 2. The maximum absolute atomic E-state index is 12.0. The van der Waals surface area contributed by atoms with Crippen LogP contribution in [0.4, 0.5) is 10.7 Å². The predicted octanol–water partition coefficient (Wildman–Crippen LogP) is 0.746. The average Bonchev–Trinajstić information content (AvgIpc) is 3.00. The standard InChI is InChI=1S/C12H18N2O5S2/c1-18-7-4-5-14(6-7)11-10(21(3,16)17)8(13)9(20-11)12(15)19-2/h7H,4-6,13H2,1-3H3. The van der Waals surface area contributed by atoms with Crippen LogP contribution in [0.3, 0.4) is 0 Å². The molecule has 1 aromatic rings. The molecule has 0 spiro atoms. The molecule has 0 saturated carbocycles. The van der Waals surface area contributed by atoms with Gasteiger partial charge in [0.1, 0.15) is 14.8 Å². The number of nitrogen functional groups attached to an aromatic ring is 1. The van der Waals surface area contributed by atoms with E-state index in [-0.39, 0.29) is 21.6 Å². The molecule has 0 aromatic carbocycles. The highest BCUT2D eigenvalue weighted by Crippen LogP contribution is 2.43. The van der Waals surface area contributed by atoms with Gasteiger partial charge in [0, 0.05) is 26.5 Å². The summed E-state index contributed by atoms with van der Waals surface area (Å²) < 4.78 is 34.0. The van der Waals surface area contributed by atoms with E-state index in [1.165, 1.54) is 7.11 Å². The molecule has 118 valence electrons. The molecule has 0 radical (unpaired) electrons. The highest BCUT2D eigenvalue weighted by Gasteiger charge is 2.33. The normalized spacial score (nSPS) is 19.0. The van der Waals surface area contributed by atoms with Crippen molar-refractivity contribution in [1.29, 1.82) is 0 Å². The van der Waals surface area contributed by atoms with Gasteiger partial charge in [-0.25, -0.2) is 13.2 Å². The average molecular weight is 334 g/mol. The maximum Gasteiger partial charge on any atom is 0.350 e. The molecule has 9 heteroatoms. The quantitative estimate of drug-likeness (QED) is 0.811. The van der Waals surface area contributed by atoms with Gasteiger partial charge in [-0.3, -0.25) is 0 Å². The van der Waals surface area contributed by atoms with E-state index in [1.54, 1.807) is 7.11 Å². The molecular formula is C12H18N2O5S2. The molecular weight excluding hydrogens is 316 g/mol. The van der Waals surface area contributed by atoms with Gasteiger partial charge in [-0.15, -0.1) is 11.3 Å². The van der Waals surface area contributed by atoms with Gasteiger partial charge in [0.15, 0.2) is 9.84 Å². The second kappa shape index (κ2) is 5.82. The first-order valence-electron chi connectivity index (χ1n) is 6.28. The summed E-state index contributed by atoms with van der Waals surface area (Å²) in [5, 5.41) is 0.481. The summed E-state index contributed by atoms with van der Waals surface area (Å²) in [4.78, 5) is 13.7. The Balaban J connectivity index is 2.52. The van der Waals surface area contributed by atoms with Crippen LogP contribution in [0.5, 0.6) is 0 Å². The third kappa shape index (κ3) is 2.99. The summed E-state index contributed by atoms with van der Waals surface area (Å²) in [7, 11) is -0.698. The first-order chi connectivity index (χ1) is 9.79. The molecule has 1 atom stereocenters. The van der Waals surface area contributed by atoms with Crippen LogP contribution < -0.4 is 10.6 Å². The van der Waals surface area contributed by atoms with Gasteiger partial charge in [0.25, 0.3) is 0 Å². The van der Waals surface area contributed by atoms with Gasteiger partial charge in [-0.05, 0) is 6.42 Å². The lowest BCUT2D eigenvalue weighted by atomic mass is 10.3. The number of carbonyl (C=O) groups is 1. The lowest BCUT2D eigenvalue weighted by molar-refractivity contribution is 0.0607. The highest BCUT2D eigenvalue weighted by atomic mass is 32.2. The van der Waals surface area contributed by atoms with E-state index in [1.807, 2.05) is 4.90 Å². The van der Waals surface area contributed by atoms with E-state index in [4.69, 9.17) is 10.5 Å². The Morgan fingerprint density at radius 3 is 2.57 bits per heavy atom. The Morgan fingerprint density at radius 1 is 1.43 bits per heavy atom. The number of carbonyl (C=O) groups excluding carboxylic acids is 1. The first kappa shape index (κ1) is 16.1. The van der Waals surface area contributed by atoms with Crippen LogP contribution in [0.25, 0.3) is 0 Å². The van der Waals surface area contributed by atoms with Gasteiger partial charge in [0.05, 0.1) is 18.9 Å². The van der Waals surface area contributed by atoms with Crippen molar-refractivity contribution in [3.8, 4) is 0 Å². The number of hydrogen-bond donors (Lipinski definition) is 1. The fourth-order valence-corrected chi connectivity index (χ4v) is 4.99. The molecule has 1 aromatic heterocycles. The van der Waals surface area contributed by atoms with Gasteiger partial charge >= 0.3 is 5.97 Å². The van der Waals surface area contributed by atoms with Crippen LogP contribution in [0.15, 0.2) is 4.90 Å². The molecule has 0 amide bonds. The third-order valence-electron chi connectivity index (χ3n) is 3.39. The Labute approximate surface area is 127 Å². The van der Waals surface area contributed by atoms with Crippen LogP contribution in [0.1, 0.15) is 16.1 Å². The van der Waals surface area contributed by atoms with Gasteiger partial charge < -0.3 is 20.1 Å². The van der Waals surface area contributed by atoms with Crippen molar-refractivity contribution < 1.29 is 22.7 Å². The van der Waals surface area contributed by atoms with Crippen molar-refractivity contribution in [2.75, 3.05) is 44.2 Å². The zero-order valence-corrected chi connectivity index (χ0v) is 13.7. The molecule has 0 aliphatic carbocycles. The lowest BCUT2D eigenvalue weighted by Gasteiger charge is -2.17. The van der Waals surface area contributed by atoms with Crippen molar-refractivity contribution in [2.24, 2.45) is 0 Å². The van der Waals surface area contributed by atoms with E-state index < -0.39 is 15.8 Å². The number of nitrogens with two attached hydrogens (primary N) is 1. The first-order valence-corrected chi connectivity index (χ1v) is 8.98. The topological polar surface area (TPSA) is 98.9 Å². The van der Waals surface area contributed by atoms with Crippen LogP contribution in [-0.2, 0) is 19.3 Å². The SMILES string of the molecule is COC(=O)c1sc(N2CCC(OC)C2)c(S(C)(=O)=O)c1N. The molecule has 1 aliphatic heterocycles. The molecule has 1 unspecified atom stereocenters. The molecule has 21 heavy (non-hydrogen) atoms. The summed E-state index contributed by atoms with van der Waals surface area (Å²) in [5.74, 6) is -0.629. The predicted molar refractivity (Wildman–Crippen MR) is 80.8 cm³/mol. The van der Waals surface area contributed by atoms with Crippen LogP contribution in [0, 0.1) is 0 Å². The van der Waals surface area contributed by atoms with Gasteiger partial charge in [-0.1, -0.05) is 0 Å². The summed E-state index contributed by atoms with van der Waals surface area (Å²) in [6.07, 6.45) is 1.92. The van der Waals surface area contributed by atoms with E-state index in [9.17, 15) is 13.2 Å². The van der Waals surface area contributed by atoms with Crippen molar-refractivity contribution in [3.05, 3.63) is 4.88 Å². The molecule has 2 heterocycles. The Hall–Kier alpha value is -1.32. The zero-order chi connectivity index (χ0) is 15.8. The molecule has 2 N–H and O–H groups in total. The molecule has 0 bridgehead atoms. The number of esters is 1. The maximum atomic E-state index is 12.0. The number of methoxy groups -OCH3 is 2. The monoisotopic (exact) mass is 334 g/mol. The summed E-state index contributed by atoms with van der Waals surface area (Å²) in [6, 6.07) is 0. The number of thiophene rings is 1. The second-order valence-electron chi connectivity index (χ2n) is 4.84. The minimum absolute atomic E-state index is 0.00431. The second-order valence-corrected chi connectivity index (χ2v) is 7.79. The molecule has 2 rings (SSSR count). The number of nitrogens with zero attached hydrogens (tertiary/aromatic N) is 1. The minimum Gasteiger partial charge on any atom is -0.465 e. The fourth-order valence-electron chi connectivity index (χ4n) is 2.33. The van der Waals surface area contributed by atoms with Crippen molar-refractivity contribution in [2.45, 2.75) is 17.4 Å². The van der Waals surface area contributed by atoms with Gasteiger partial charge in [0.2, 0.25) is 0 Å².